The summed E-state index contributed by atoms with van der Waals surface area (Å²) >= 11 is 5.80. The molecule has 0 unspecified atom stereocenters. The Hall–Kier alpha value is -1.00. The largest absolute Gasteiger partial charge is 0.396 e. The highest BCUT2D eigenvalue weighted by Gasteiger charge is 2.25. The highest BCUT2D eigenvalue weighted by molar-refractivity contribution is 6.29. The van der Waals surface area contributed by atoms with Gasteiger partial charge >= 0.3 is 0 Å². The first-order valence-corrected chi connectivity index (χ1v) is 5.91. The molecule has 1 aliphatic rings. The Kier molecular flexibility index (Phi) is 3.51. The summed E-state index contributed by atoms with van der Waals surface area (Å²) in [6.07, 6.45) is 2.65. The first kappa shape index (κ1) is 11.5. The fraction of sp³-hybridized carbons (Fsp3) is 0.545. The Balaban J connectivity index is 1.81. The first-order chi connectivity index (χ1) is 7.66. The number of hydrogen-bond donors (Lipinski definition) is 2. The van der Waals surface area contributed by atoms with Crippen molar-refractivity contribution in [3.8, 4) is 0 Å². The zero-order valence-electron chi connectivity index (χ0n) is 9.41. The molecule has 1 aromatic rings. The van der Waals surface area contributed by atoms with E-state index in [0.29, 0.717) is 16.7 Å². The lowest BCUT2D eigenvalue weighted by molar-refractivity contribution is 0.337. The van der Waals surface area contributed by atoms with Gasteiger partial charge in [-0.25, -0.2) is 4.98 Å². The number of nitrogens with zero attached hydrogens (tertiary/aromatic N) is 2. The van der Waals surface area contributed by atoms with Gasteiger partial charge in [0.1, 0.15) is 5.15 Å². The Morgan fingerprint density at radius 3 is 3.00 bits per heavy atom. The van der Waals surface area contributed by atoms with Crippen LogP contribution in [0.4, 0.5) is 11.5 Å². The van der Waals surface area contributed by atoms with Crippen molar-refractivity contribution < 1.29 is 0 Å². The third kappa shape index (κ3) is 3.00. The summed E-state index contributed by atoms with van der Waals surface area (Å²) in [5, 5.41) is 3.67. The van der Waals surface area contributed by atoms with E-state index in [0.717, 1.165) is 19.1 Å². The Bertz CT molecular complexity index is 365. The maximum Gasteiger partial charge on any atom is 0.151 e. The van der Waals surface area contributed by atoms with E-state index in [1.807, 2.05) is 0 Å². The van der Waals surface area contributed by atoms with Crippen LogP contribution in [0.25, 0.3) is 0 Å². The summed E-state index contributed by atoms with van der Waals surface area (Å²) in [5.41, 5.74) is 6.42. The van der Waals surface area contributed by atoms with Gasteiger partial charge in [-0.05, 0) is 32.0 Å². The fourth-order valence-electron chi connectivity index (χ4n) is 1.64. The molecule has 88 valence electrons. The van der Waals surface area contributed by atoms with Crippen LogP contribution in [0.1, 0.15) is 12.8 Å². The zero-order chi connectivity index (χ0) is 11.5. The SMILES string of the molecule is CN(CCNc1nc(Cl)ccc1N)C1CC1. The van der Waals surface area contributed by atoms with Gasteiger partial charge in [0.2, 0.25) is 0 Å². The van der Waals surface area contributed by atoms with Crippen LogP contribution in [-0.2, 0) is 0 Å². The molecule has 16 heavy (non-hydrogen) atoms. The molecule has 4 nitrogen and oxygen atoms in total. The molecule has 0 bridgehead atoms. The van der Waals surface area contributed by atoms with Gasteiger partial charge in [-0.3, -0.25) is 0 Å². The minimum Gasteiger partial charge on any atom is -0.396 e. The van der Waals surface area contributed by atoms with E-state index in [-0.39, 0.29) is 0 Å². The van der Waals surface area contributed by atoms with Crippen LogP contribution in [-0.4, -0.2) is 36.1 Å². The van der Waals surface area contributed by atoms with E-state index in [1.54, 1.807) is 12.1 Å². The molecule has 1 aliphatic carbocycles. The minimum absolute atomic E-state index is 0.465. The lowest BCUT2D eigenvalue weighted by Crippen LogP contribution is -2.27. The van der Waals surface area contributed by atoms with Crippen LogP contribution >= 0.6 is 11.6 Å². The molecule has 0 radical (unpaired) electrons. The van der Waals surface area contributed by atoms with Crippen LogP contribution in [0.3, 0.4) is 0 Å². The van der Waals surface area contributed by atoms with Crippen LogP contribution in [0, 0.1) is 0 Å². The number of aromatic nitrogens is 1. The van der Waals surface area contributed by atoms with Crippen LogP contribution in [0.15, 0.2) is 12.1 Å². The third-order valence-electron chi connectivity index (χ3n) is 2.82. The minimum atomic E-state index is 0.465. The third-order valence-corrected chi connectivity index (χ3v) is 3.03. The normalized spacial score (nSPS) is 15.4. The van der Waals surface area contributed by atoms with Crippen LogP contribution in [0.2, 0.25) is 5.15 Å². The average Bonchev–Trinajstić information content (AvgIpc) is 3.06. The number of pyridine rings is 1. The lowest BCUT2D eigenvalue weighted by Gasteiger charge is -2.16. The topological polar surface area (TPSA) is 54.2 Å². The predicted molar refractivity (Wildman–Crippen MR) is 67.8 cm³/mol. The predicted octanol–water partition coefficient (Wildman–Crippen LogP) is 1.82. The Morgan fingerprint density at radius 1 is 1.56 bits per heavy atom. The zero-order valence-corrected chi connectivity index (χ0v) is 10.2. The van der Waals surface area contributed by atoms with Crippen molar-refractivity contribution in [3.63, 3.8) is 0 Å². The van der Waals surface area contributed by atoms with Crippen molar-refractivity contribution in [2.24, 2.45) is 0 Å². The molecule has 5 heteroatoms. The maximum atomic E-state index is 5.80. The summed E-state index contributed by atoms with van der Waals surface area (Å²) < 4.78 is 0. The van der Waals surface area contributed by atoms with E-state index >= 15 is 0 Å². The second kappa shape index (κ2) is 4.89. The van der Waals surface area contributed by atoms with Gasteiger partial charge in [-0.15, -0.1) is 0 Å². The van der Waals surface area contributed by atoms with E-state index in [1.165, 1.54) is 12.8 Å². The number of nitrogens with one attached hydrogen (secondary N) is 1. The summed E-state index contributed by atoms with van der Waals surface area (Å²) in [6, 6.07) is 4.24. The molecule has 0 saturated heterocycles. The van der Waals surface area contributed by atoms with Crippen molar-refractivity contribution in [2.75, 3.05) is 31.2 Å². The quantitative estimate of drug-likeness (QED) is 0.771. The van der Waals surface area contributed by atoms with Gasteiger partial charge in [-0.2, -0.15) is 0 Å². The number of anilines is 2. The number of likely N-dealkylation sites (N-methyl/N-ethyl adjacent to an activating group) is 1. The molecule has 2 rings (SSSR count). The van der Waals surface area contributed by atoms with Crippen molar-refractivity contribution in [2.45, 2.75) is 18.9 Å². The highest BCUT2D eigenvalue weighted by atomic mass is 35.5. The molecule has 0 atom stereocenters. The Labute approximate surface area is 101 Å². The lowest BCUT2D eigenvalue weighted by atomic mass is 10.4. The number of nitrogen functional groups attached to an aromatic ring is 1. The second-order valence-electron chi connectivity index (χ2n) is 4.21. The molecule has 1 aromatic heterocycles. The average molecular weight is 241 g/mol. The first-order valence-electron chi connectivity index (χ1n) is 5.53. The highest BCUT2D eigenvalue weighted by Crippen LogP contribution is 2.25. The molecule has 0 aromatic carbocycles. The molecule has 0 aliphatic heterocycles. The fourth-order valence-corrected chi connectivity index (χ4v) is 1.78. The molecule has 0 spiro atoms. The van der Waals surface area contributed by atoms with Crippen LogP contribution in [0.5, 0.6) is 0 Å². The van der Waals surface area contributed by atoms with Gasteiger partial charge in [0.15, 0.2) is 5.82 Å². The molecule has 1 saturated carbocycles. The monoisotopic (exact) mass is 240 g/mol. The van der Waals surface area contributed by atoms with Gasteiger partial charge in [-0.1, -0.05) is 11.6 Å². The number of rotatable bonds is 5. The van der Waals surface area contributed by atoms with E-state index in [2.05, 4.69) is 22.2 Å². The standard InChI is InChI=1S/C11H17ClN4/c1-16(8-2-3-8)7-6-14-11-9(13)4-5-10(12)15-11/h4-5,8H,2-3,6-7,13H2,1H3,(H,14,15). The maximum absolute atomic E-state index is 5.80. The molecule has 1 fully saturated rings. The van der Waals surface area contributed by atoms with E-state index < -0.39 is 0 Å². The van der Waals surface area contributed by atoms with Gasteiger partial charge in [0, 0.05) is 19.1 Å². The summed E-state index contributed by atoms with van der Waals surface area (Å²) in [7, 11) is 2.15. The van der Waals surface area contributed by atoms with Gasteiger partial charge < -0.3 is 16.0 Å². The number of nitrogens with two attached hydrogens (primary N) is 1. The summed E-state index contributed by atoms with van der Waals surface area (Å²) in [6.45, 7) is 1.84. The summed E-state index contributed by atoms with van der Waals surface area (Å²) in [5.74, 6) is 0.677. The van der Waals surface area contributed by atoms with Gasteiger partial charge in [0.05, 0.1) is 5.69 Å². The van der Waals surface area contributed by atoms with Crippen molar-refractivity contribution in [3.05, 3.63) is 17.3 Å². The van der Waals surface area contributed by atoms with E-state index in [9.17, 15) is 0 Å². The molecule has 3 N–H and O–H groups in total. The molecular formula is C11H17ClN4. The molecule has 0 amide bonds. The van der Waals surface area contributed by atoms with Crippen molar-refractivity contribution in [1.29, 1.82) is 0 Å². The van der Waals surface area contributed by atoms with Crippen molar-refractivity contribution >= 4 is 23.1 Å². The van der Waals surface area contributed by atoms with Crippen LogP contribution < -0.4 is 11.1 Å². The summed E-state index contributed by atoms with van der Waals surface area (Å²) in [4.78, 5) is 6.50. The molecule has 1 heterocycles. The van der Waals surface area contributed by atoms with Gasteiger partial charge in [0.25, 0.3) is 0 Å². The smallest absolute Gasteiger partial charge is 0.151 e. The van der Waals surface area contributed by atoms with Crippen molar-refractivity contribution in [1.82, 2.24) is 9.88 Å². The molecular weight excluding hydrogens is 224 g/mol. The number of halogens is 1. The second-order valence-corrected chi connectivity index (χ2v) is 4.60. The Morgan fingerprint density at radius 2 is 2.31 bits per heavy atom. The number of hydrogen-bond acceptors (Lipinski definition) is 4. The van der Waals surface area contributed by atoms with E-state index in [4.69, 9.17) is 17.3 Å².